The fourth-order valence-corrected chi connectivity index (χ4v) is 3.24. The van der Waals surface area contributed by atoms with Gasteiger partial charge in [-0.2, -0.15) is 0 Å². The average molecular weight is 438 g/mol. The summed E-state index contributed by atoms with van der Waals surface area (Å²) in [5.74, 6) is 0.202. The van der Waals surface area contributed by atoms with E-state index in [0.717, 1.165) is 11.3 Å². The minimum atomic E-state index is -0.179. The van der Waals surface area contributed by atoms with Crippen LogP contribution in [0.15, 0.2) is 72.8 Å². The van der Waals surface area contributed by atoms with E-state index >= 15 is 0 Å². The van der Waals surface area contributed by atoms with Gasteiger partial charge in [0.1, 0.15) is 5.75 Å². The quantitative estimate of drug-likeness (QED) is 0.537. The second kappa shape index (κ2) is 10.6. The lowest BCUT2D eigenvalue weighted by Gasteiger charge is -2.17. The number of ether oxygens (including phenoxy) is 1. The van der Waals surface area contributed by atoms with Crippen molar-refractivity contribution in [2.45, 2.75) is 6.54 Å². The van der Waals surface area contributed by atoms with Crippen molar-refractivity contribution in [3.05, 3.63) is 88.9 Å². The molecule has 0 unspecified atom stereocenters. The number of methoxy groups -OCH3 is 1. The average Bonchev–Trinajstić information content (AvgIpc) is 2.75. The van der Waals surface area contributed by atoms with E-state index in [4.69, 9.17) is 16.3 Å². The van der Waals surface area contributed by atoms with E-state index in [0.29, 0.717) is 28.6 Å². The monoisotopic (exact) mass is 437 g/mol. The van der Waals surface area contributed by atoms with Crippen molar-refractivity contribution in [1.82, 2.24) is 4.90 Å². The summed E-state index contributed by atoms with van der Waals surface area (Å²) >= 11 is 6.00. The molecule has 3 aromatic carbocycles. The molecule has 0 atom stereocenters. The second-order valence-electron chi connectivity index (χ2n) is 7.08. The summed E-state index contributed by atoms with van der Waals surface area (Å²) in [5.41, 5.74) is 2.84. The van der Waals surface area contributed by atoms with Gasteiger partial charge in [-0.3, -0.25) is 14.5 Å². The van der Waals surface area contributed by atoms with Gasteiger partial charge in [-0.1, -0.05) is 41.9 Å². The van der Waals surface area contributed by atoms with Crippen molar-refractivity contribution in [2.75, 3.05) is 31.3 Å². The lowest BCUT2D eigenvalue weighted by molar-refractivity contribution is -0.117. The standard InChI is InChI=1S/C24H24ClN3O3/c1-28(16-23(29)27-21-14-19(25)12-13-22(21)31-2)15-17-8-10-18(11-9-17)24(30)26-20-6-4-3-5-7-20/h3-14H,15-16H2,1-2H3,(H,26,30)(H,27,29). The highest BCUT2D eigenvalue weighted by molar-refractivity contribution is 6.31. The first-order valence-corrected chi connectivity index (χ1v) is 10.1. The third kappa shape index (κ3) is 6.57. The molecule has 0 saturated heterocycles. The van der Waals surface area contributed by atoms with Crippen LogP contribution in [0, 0.1) is 0 Å². The van der Waals surface area contributed by atoms with Gasteiger partial charge in [-0.25, -0.2) is 0 Å². The Kier molecular flexibility index (Phi) is 7.65. The zero-order valence-corrected chi connectivity index (χ0v) is 18.1. The Balaban J connectivity index is 1.53. The predicted molar refractivity (Wildman–Crippen MR) is 124 cm³/mol. The summed E-state index contributed by atoms with van der Waals surface area (Å²) in [6.07, 6.45) is 0. The molecule has 3 rings (SSSR count). The van der Waals surface area contributed by atoms with Crippen LogP contribution in [0.5, 0.6) is 5.75 Å². The van der Waals surface area contributed by atoms with Crippen LogP contribution in [0.3, 0.4) is 0 Å². The lowest BCUT2D eigenvalue weighted by Crippen LogP contribution is -2.30. The summed E-state index contributed by atoms with van der Waals surface area (Å²) in [7, 11) is 3.39. The fraction of sp³-hybridized carbons (Fsp3) is 0.167. The number of benzene rings is 3. The zero-order valence-electron chi connectivity index (χ0n) is 17.4. The Morgan fingerprint density at radius 3 is 2.35 bits per heavy atom. The van der Waals surface area contributed by atoms with Crippen LogP contribution in [0.1, 0.15) is 15.9 Å². The normalized spacial score (nSPS) is 10.6. The highest BCUT2D eigenvalue weighted by atomic mass is 35.5. The van der Waals surface area contributed by atoms with Crippen molar-refractivity contribution < 1.29 is 14.3 Å². The third-order valence-corrected chi connectivity index (χ3v) is 4.78. The Bertz CT molecular complexity index is 1040. The molecular weight excluding hydrogens is 414 g/mol. The number of hydrogen-bond donors (Lipinski definition) is 2. The maximum absolute atomic E-state index is 12.4. The number of halogens is 1. The molecule has 0 bridgehead atoms. The molecule has 160 valence electrons. The van der Waals surface area contributed by atoms with E-state index < -0.39 is 0 Å². The van der Waals surface area contributed by atoms with E-state index in [1.165, 1.54) is 7.11 Å². The Morgan fingerprint density at radius 2 is 1.68 bits per heavy atom. The molecule has 0 aliphatic heterocycles. The lowest BCUT2D eigenvalue weighted by atomic mass is 10.1. The van der Waals surface area contributed by atoms with Crippen LogP contribution < -0.4 is 15.4 Å². The van der Waals surface area contributed by atoms with Crippen molar-refractivity contribution in [3.8, 4) is 5.75 Å². The molecule has 0 fully saturated rings. The molecule has 0 heterocycles. The van der Waals surface area contributed by atoms with Crippen LogP contribution in [0.4, 0.5) is 11.4 Å². The summed E-state index contributed by atoms with van der Waals surface area (Å²) in [6.45, 7) is 0.743. The van der Waals surface area contributed by atoms with Crippen LogP contribution in [-0.2, 0) is 11.3 Å². The Labute approximate surface area is 186 Å². The van der Waals surface area contributed by atoms with E-state index in [1.807, 2.05) is 54.4 Å². The smallest absolute Gasteiger partial charge is 0.255 e. The third-order valence-electron chi connectivity index (χ3n) is 4.55. The molecule has 7 heteroatoms. The van der Waals surface area contributed by atoms with E-state index in [9.17, 15) is 9.59 Å². The van der Waals surface area contributed by atoms with Crippen LogP contribution in [0.2, 0.25) is 5.02 Å². The molecular formula is C24H24ClN3O3. The number of carbonyl (C=O) groups is 2. The van der Waals surface area contributed by atoms with Gasteiger partial charge in [0.2, 0.25) is 5.91 Å². The first kappa shape index (κ1) is 22.3. The molecule has 0 spiro atoms. The van der Waals surface area contributed by atoms with E-state index in [2.05, 4.69) is 10.6 Å². The topological polar surface area (TPSA) is 70.7 Å². The van der Waals surface area contributed by atoms with Crippen molar-refractivity contribution in [1.29, 1.82) is 0 Å². The molecule has 3 aromatic rings. The summed E-state index contributed by atoms with van der Waals surface area (Å²) < 4.78 is 5.25. The van der Waals surface area contributed by atoms with Gasteiger partial charge in [-0.15, -0.1) is 0 Å². The van der Waals surface area contributed by atoms with Gasteiger partial charge in [0.15, 0.2) is 0 Å². The first-order chi connectivity index (χ1) is 14.9. The number of nitrogens with one attached hydrogen (secondary N) is 2. The highest BCUT2D eigenvalue weighted by Crippen LogP contribution is 2.27. The van der Waals surface area contributed by atoms with E-state index in [-0.39, 0.29) is 18.4 Å². The first-order valence-electron chi connectivity index (χ1n) is 9.72. The number of likely N-dealkylation sites (N-methyl/N-ethyl adjacent to an activating group) is 1. The van der Waals surface area contributed by atoms with Crippen molar-refractivity contribution in [2.24, 2.45) is 0 Å². The van der Waals surface area contributed by atoms with Crippen LogP contribution in [0.25, 0.3) is 0 Å². The molecule has 2 N–H and O–H groups in total. The predicted octanol–water partition coefficient (Wildman–Crippen LogP) is 4.67. The maximum Gasteiger partial charge on any atom is 0.255 e. The largest absolute Gasteiger partial charge is 0.495 e. The number of rotatable bonds is 8. The number of hydrogen-bond acceptors (Lipinski definition) is 4. The number of para-hydroxylation sites is 1. The van der Waals surface area contributed by atoms with Crippen LogP contribution >= 0.6 is 11.6 Å². The number of nitrogens with zero attached hydrogens (tertiary/aromatic N) is 1. The van der Waals surface area contributed by atoms with Gasteiger partial charge < -0.3 is 15.4 Å². The van der Waals surface area contributed by atoms with E-state index in [1.54, 1.807) is 30.3 Å². The zero-order chi connectivity index (χ0) is 22.2. The number of amides is 2. The molecule has 0 aliphatic carbocycles. The number of anilines is 2. The minimum Gasteiger partial charge on any atom is -0.495 e. The van der Waals surface area contributed by atoms with Gasteiger partial charge in [0.25, 0.3) is 5.91 Å². The van der Waals surface area contributed by atoms with Crippen molar-refractivity contribution in [3.63, 3.8) is 0 Å². The molecule has 6 nitrogen and oxygen atoms in total. The van der Waals surface area contributed by atoms with Crippen molar-refractivity contribution >= 4 is 34.8 Å². The summed E-state index contributed by atoms with van der Waals surface area (Å²) in [6, 6.07) is 21.7. The molecule has 0 radical (unpaired) electrons. The Hall–Kier alpha value is -3.35. The van der Waals surface area contributed by atoms with Gasteiger partial charge in [0.05, 0.1) is 19.3 Å². The SMILES string of the molecule is COc1ccc(Cl)cc1NC(=O)CN(C)Cc1ccc(C(=O)Nc2ccccc2)cc1. The Morgan fingerprint density at radius 1 is 0.968 bits per heavy atom. The summed E-state index contributed by atoms with van der Waals surface area (Å²) in [4.78, 5) is 26.6. The van der Waals surface area contributed by atoms with Gasteiger partial charge in [-0.05, 0) is 55.1 Å². The fourth-order valence-electron chi connectivity index (χ4n) is 3.07. The second-order valence-corrected chi connectivity index (χ2v) is 7.52. The minimum absolute atomic E-state index is 0.166. The highest BCUT2D eigenvalue weighted by Gasteiger charge is 2.12. The molecule has 2 amide bonds. The van der Waals surface area contributed by atoms with Gasteiger partial charge >= 0.3 is 0 Å². The van der Waals surface area contributed by atoms with Crippen LogP contribution in [-0.4, -0.2) is 37.4 Å². The maximum atomic E-state index is 12.4. The number of carbonyl (C=O) groups excluding carboxylic acids is 2. The molecule has 0 saturated carbocycles. The molecule has 0 aromatic heterocycles. The molecule has 0 aliphatic rings. The molecule has 31 heavy (non-hydrogen) atoms. The summed E-state index contributed by atoms with van der Waals surface area (Å²) in [5, 5.41) is 6.20. The van der Waals surface area contributed by atoms with Gasteiger partial charge in [0, 0.05) is 22.8 Å².